The van der Waals surface area contributed by atoms with Gasteiger partial charge >= 0.3 is 0 Å². The van der Waals surface area contributed by atoms with Crippen LogP contribution in [0.1, 0.15) is 19.3 Å². The van der Waals surface area contributed by atoms with Gasteiger partial charge in [-0.15, -0.1) is 0 Å². The number of hydrogen-bond acceptors (Lipinski definition) is 3. The van der Waals surface area contributed by atoms with Gasteiger partial charge in [0.25, 0.3) is 0 Å². The number of rotatable bonds is 3. The van der Waals surface area contributed by atoms with Gasteiger partial charge < -0.3 is 5.11 Å². The minimum absolute atomic E-state index is 0.407. The van der Waals surface area contributed by atoms with Crippen LogP contribution in [0, 0.1) is 22.7 Å². The summed E-state index contributed by atoms with van der Waals surface area (Å²) >= 11 is 0. The molecule has 0 bridgehead atoms. The average molecular weight is 124 g/mol. The molecule has 0 aliphatic heterocycles. The second-order valence-corrected chi connectivity index (χ2v) is 1.70. The Hall–Kier alpha value is -1.06. The second kappa shape index (κ2) is 5.08. The maximum Gasteiger partial charge on any atom is 0.140 e. The first-order valence-electron chi connectivity index (χ1n) is 2.76. The van der Waals surface area contributed by atoms with Crippen molar-refractivity contribution < 1.29 is 5.11 Å². The van der Waals surface area contributed by atoms with Crippen molar-refractivity contribution in [3.63, 3.8) is 0 Å². The summed E-state index contributed by atoms with van der Waals surface area (Å²) in [7, 11) is 0. The van der Waals surface area contributed by atoms with Crippen LogP contribution in [0.4, 0.5) is 0 Å². The minimum atomic E-state index is -0.890. The van der Waals surface area contributed by atoms with E-state index in [4.69, 9.17) is 15.6 Å². The molecule has 1 N–H and O–H groups in total. The van der Waals surface area contributed by atoms with E-state index < -0.39 is 6.10 Å². The van der Waals surface area contributed by atoms with Crippen LogP contribution in [0.5, 0.6) is 0 Å². The van der Waals surface area contributed by atoms with E-state index in [1.165, 1.54) is 0 Å². The van der Waals surface area contributed by atoms with E-state index in [0.717, 1.165) is 0 Å². The molecule has 0 aromatic heterocycles. The van der Waals surface area contributed by atoms with Crippen LogP contribution in [0.15, 0.2) is 0 Å². The smallest absolute Gasteiger partial charge is 0.140 e. The standard InChI is InChI=1S/C6H8N2O/c7-4-2-1-3-6(9)5-8/h6,9H,1-3H2. The molecule has 0 rings (SSSR count). The summed E-state index contributed by atoms with van der Waals surface area (Å²) in [6.45, 7) is 0. The highest BCUT2D eigenvalue weighted by molar-refractivity contribution is 4.82. The Kier molecular flexibility index (Phi) is 4.49. The van der Waals surface area contributed by atoms with E-state index in [-0.39, 0.29) is 0 Å². The highest BCUT2D eigenvalue weighted by atomic mass is 16.3. The Labute approximate surface area is 54.1 Å². The minimum Gasteiger partial charge on any atom is -0.378 e. The molecule has 48 valence electrons. The van der Waals surface area contributed by atoms with Crippen LogP contribution < -0.4 is 0 Å². The zero-order chi connectivity index (χ0) is 7.11. The van der Waals surface area contributed by atoms with Gasteiger partial charge in [-0.05, 0) is 12.8 Å². The van der Waals surface area contributed by atoms with E-state index in [9.17, 15) is 0 Å². The third-order valence-corrected chi connectivity index (χ3v) is 0.915. The lowest BCUT2D eigenvalue weighted by atomic mass is 10.2. The SMILES string of the molecule is N#CCCCC(O)C#N. The predicted octanol–water partition coefficient (Wildman–Crippen LogP) is 0.565. The first kappa shape index (κ1) is 7.94. The van der Waals surface area contributed by atoms with Crippen LogP contribution in [-0.2, 0) is 0 Å². The molecule has 0 aromatic rings. The van der Waals surface area contributed by atoms with Crippen molar-refractivity contribution in [1.82, 2.24) is 0 Å². The maximum absolute atomic E-state index is 8.61. The zero-order valence-electron chi connectivity index (χ0n) is 5.04. The fourth-order valence-corrected chi connectivity index (χ4v) is 0.439. The van der Waals surface area contributed by atoms with Crippen LogP contribution in [0.2, 0.25) is 0 Å². The molecule has 0 aromatic carbocycles. The van der Waals surface area contributed by atoms with Gasteiger partial charge in [0.1, 0.15) is 6.10 Å². The van der Waals surface area contributed by atoms with Crippen molar-refractivity contribution in [1.29, 1.82) is 10.5 Å². The fraction of sp³-hybridized carbons (Fsp3) is 0.667. The van der Waals surface area contributed by atoms with Gasteiger partial charge in [-0.3, -0.25) is 0 Å². The number of hydrogen-bond donors (Lipinski definition) is 1. The molecule has 0 heterocycles. The van der Waals surface area contributed by atoms with Gasteiger partial charge in [-0.2, -0.15) is 10.5 Å². The molecular formula is C6H8N2O. The lowest BCUT2D eigenvalue weighted by molar-refractivity contribution is 0.217. The summed E-state index contributed by atoms with van der Waals surface area (Å²) in [4.78, 5) is 0. The molecule has 0 radical (unpaired) electrons. The predicted molar refractivity (Wildman–Crippen MR) is 31.1 cm³/mol. The topological polar surface area (TPSA) is 67.8 Å². The molecular weight excluding hydrogens is 116 g/mol. The first-order valence-corrected chi connectivity index (χ1v) is 2.76. The van der Waals surface area contributed by atoms with E-state index >= 15 is 0 Å². The van der Waals surface area contributed by atoms with Gasteiger partial charge in [-0.1, -0.05) is 0 Å². The highest BCUT2D eigenvalue weighted by Crippen LogP contribution is 1.97. The molecule has 1 unspecified atom stereocenters. The quantitative estimate of drug-likeness (QED) is 0.441. The Morgan fingerprint density at radius 1 is 1.44 bits per heavy atom. The Morgan fingerprint density at radius 3 is 2.56 bits per heavy atom. The van der Waals surface area contributed by atoms with Gasteiger partial charge in [0.05, 0.1) is 12.1 Å². The third-order valence-electron chi connectivity index (χ3n) is 0.915. The average Bonchev–Trinajstić information content (AvgIpc) is 1.89. The number of nitriles is 2. The Morgan fingerprint density at radius 2 is 2.11 bits per heavy atom. The Balaban J connectivity index is 3.12. The third kappa shape index (κ3) is 4.80. The molecule has 0 saturated carbocycles. The van der Waals surface area contributed by atoms with Crippen LogP contribution in [0.25, 0.3) is 0 Å². The number of aliphatic hydroxyl groups is 1. The number of nitrogens with zero attached hydrogens (tertiary/aromatic N) is 2. The van der Waals surface area contributed by atoms with Crippen LogP contribution in [0.3, 0.4) is 0 Å². The summed E-state index contributed by atoms with van der Waals surface area (Å²) in [6, 6.07) is 3.60. The van der Waals surface area contributed by atoms with E-state index in [0.29, 0.717) is 19.3 Å². The second-order valence-electron chi connectivity index (χ2n) is 1.70. The van der Waals surface area contributed by atoms with Gasteiger partial charge in [0.2, 0.25) is 0 Å². The number of unbranched alkanes of at least 4 members (excludes halogenated alkanes) is 1. The van der Waals surface area contributed by atoms with E-state index in [1.807, 2.05) is 6.07 Å². The summed E-state index contributed by atoms with van der Waals surface area (Å²) in [6.07, 6.45) is 0.534. The summed E-state index contributed by atoms with van der Waals surface area (Å²) in [5.41, 5.74) is 0. The van der Waals surface area contributed by atoms with E-state index in [2.05, 4.69) is 0 Å². The summed E-state index contributed by atoms with van der Waals surface area (Å²) in [5.74, 6) is 0. The summed E-state index contributed by atoms with van der Waals surface area (Å²) < 4.78 is 0. The molecule has 0 aliphatic rings. The fourth-order valence-electron chi connectivity index (χ4n) is 0.439. The van der Waals surface area contributed by atoms with Gasteiger partial charge in [-0.25, -0.2) is 0 Å². The van der Waals surface area contributed by atoms with Crippen molar-refractivity contribution in [2.75, 3.05) is 0 Å². The van der Waals surface area contributed by atoms with Crippen LogP contribution in [-0.4, -0.2) is 11.2 Å². The molecule has 9 heavy (non-hydrogen) atoms. The number of aliphatic hydroxyl groups excluding tert-OH is 1. The maximum atomic E-state index is 8.61. The lowest BCUT2D eigenvalue weighted by Crippen LogP contribution is -2.00. The van der Waals surface area contributed by atoms with Gasteiger partial charge in [0, 0.05) is 6.42 Å². The summed E-state index contributed by atoms with van der Waals surface area (Å²) in [5, 5.41) is 24.7. The highest BCUT2D eigenvalue weighted by Gasteiger charge is 1.98. The van der Waals surface area contributed by atoms with E-state index in [1.54, 1.807) is 6.07 Å². The monoisotopic (exact) mass is 124 g/mol. The normalized spacial score (nSPS) is 11.4. The molecule has 1 atom stereocenters. The van der Waals surface area contributed by atoms with Crippen molar-refractivity contribution in [2.24, 2.45) is 0 Å². The first-order chi connectivity index (χ1) is 4.31. The van der Waals surface area contributed by atoms with Crippen molar-refractivity contribution in [3.8, 4) is 12.1 Å². The molecule has 0 fully saturated rings. The molecule has 0 saturated heterocycles. The largest absolute Gasteiger partial charge is 0.378 e. The Bertz CT molecular complexity index is 142. The molecule has 3 heteroatoms. The van der Waals surface area contributed by atoms with Crippen LogP contribution >= 0.6 is 0 Å². The van der Waals surface area contributed by atoms with Crippen molar-refractivity contribution >= 4 is 0 Å². The van der Waals surface area contributed by atoms with Crippen molar-refractivity contribution in [2.45, 2.75) is 25.4 Å². The molecule has 3 nitrogen and oxygen atoms in total. The van der Waals surface area contributed by atoms with Crippen molar-refractivity contribution in [3.05, 3.63) is 0 Å². The zero-order valence-corrected chi connectivity index (χ0v) is 5.04. The molecule has 0 amide bonds. The van der Waals surface area contributed by atoms with Gasteiger partial charge in [0.15, 0.2) is 0 Å². The molecule has 0 aliphatic carbocycles. The lowest BCUT2D eigenvalue weighted by Gasteiger charge is -1.94. The molecule has 0 spiro atoms.